The van der Waals surface area contributed by atoms with E-state index in [9.17, 15) is 14.4 Å². The van der Waals surface area contributed by atoms with Gasteiger partial charge in [0, 0.05) is 6.04 Å². The number of fused-ring (bicyclic) bond motifs is 1. The van der Waals surface area contributed by atoms with Crippen molar-refractivity contribution in [1.82, 2.24) is 10.2 Å². The molecule has 106 valence electrons. The number of aliphatic carboxylic acids is 1. The second-order valence-electron chi connectivity index (χ2n) is 6.28. The molecule has 3 unspecified atom stereocenters. The fourth-order valence-corrected chi connectivity index (χ4v) is 2.97. The lowest BCUT2D eigenvalue weighted by atomic mass is 10.1. The lowest BCUT2D eigenvalue weighted by Crippen LogP contribution is -2.51. The first kappa shape index (κ1) is 14.0. The molecule has 1 aliphatic carbocycles. The lowest BCUT2D eigenvalue weighted by molar-refractivity contribution is -0.146. The van der Waals surface area contributed by atoms with E-state index in [4.69, 9.17) is 5.11 Å². The molecule has 19 heavy (non-hydrogen) atoms. The molecule has 2 fully saturated rings. The second kappa shape index (κ2) is 4.30. The van der Waals surface area contributed by atoms with Gasteiger partial charge in [0.25, 0.3) is 0 Å². The number of imide groups is 1. The maximum absolute atomic E-state index is 12.1. The molecule has 2 rings (SSSR count). The molecule has 1 aliphatic heterocycles. The van der Waals surface area contributed by atoms with Gasteiger partial charge in [0.1, 0.15) is 6.04 Å². The molecular formula is C13H20N2O4. The number of piperidine rings is 1. The van der Waals surface area contributed by atoms with E-state index in [2.05, 4.69) is 5.32 Å². The average Bonchev–Trinajstić information content (AvgIpc) is 2.73. The minimum atomic E-state index is -1.05. The van der Waals surface area contributed by atoms with Crippen LogP contribution in [0.4, 0.5) is 0 Å². The summed E-state index contributed by atoms with van der Waals surface area (Å²) in [5.74, 6) is -2.01. The number of rotatable bonds is 5. The van der Waals surface area contributed by atoms with Crippen LogP contribution in [0.25, 0.3) is 0 Å². The van der Waals surface area contributed by atoms with Crippen molar-refractivity contribution >= 4 is 17.8 Å². The van der Waals surface area contributed by atoms with Gasteiger partial charge in [0.15, 0.2) is 0 Å². The Morgan fingerprint density at radius 2 is 1.79 bits per heavy atom. The third kappa shape index (κ3) is 2.14. The number of likely N-dealkylation sites (tertiary alicyclic amines) is 1. The first-order valence-corrected chi connectivity index (χ1v) is 6.52. The largest absolute Gasteiger partial charge is 0.480 e. The highest BCUT2D eigenvalue weighted by Gasteiger charge is 2.72. The molecule has 6 nitrogen and oxygen atoms in total. The van der Waals surface area contributed by atoms with Gasteiger partial charge in [-0.25, -0.2) is 0 Å². The van der Waals surface area contributed by atoms with Crippen molar-refractivity contribution in [2.24, 2.45) is 17.3 Å². The molecule has 0 aromatic carbocycles. The SMILES string of the molecule is CC(C)NC(CN1C(=O)C2C(C1=O)C2(C)C)C(=O)O. The Hall–Kier alpha value is -1.43. The predicted molar refractivity (Wildman–Crippen MR) is 67.2 cm³/mol. The third-order valence-electron chi connectivity index (χ3n) is 4.09. The smallest absolute Gasteiger partial charge is 0.322 e. The average molecular weight is 268 g/mol. The van der Waals surface area contributed by atoms with Crippen molar-refractivity contribution in [2.45, 2.75) is 39.8 Å². The van der Waals surface area contributed by atoms with Gasteiger partial charge >= 0.3 is 5.97 Å². The van der Waals surface area contributed by atoms with Crippen LogP contribution in [0.3, 0.4) is 0 Å². The van der Waals surface area contributed by atoms with Crippen LogP contribution in [0, 0.1) is 17.3 Å². The number of nitrogens with one attached hydrogen (secondary N) is 1. The molecule has 1 saturated carbocycles. The Kier molecular flexibility index (Phi) is 3.16. The summed E-state index contributed by atoms with van der Waals surface area (Å²) < 4.78 is 0. The summed E-state index contributed by atoms with van der Waals surface area (Å²) >= 11 is 0. The molecule has 0 aromatic rings. The molecule has 0 bridgehead atoms. The van der Waals surface area contributed by atoms with Gasteiger partial charge in [0.05, 0.1) is 18.4 Å². The summed E-state index contributed by atoms with van der Waals surface area (Å²) in [5.41, 5.74) is -0.255. The van der Waals surface area contributed by atoms with Crippen molar-refractivity contribution in [2.75, 3.05) is 6.54 Å². The van der Waals surface area contributed by atoms with Crippen LogP contribution in [0.5, 0.6) is 0 Å². The number of nitrogens with zero attached hydrogens (tertiary/aromatic N) is 1. The predicted octanol–water partition coefficient (Wildman–Crippen LogP) is 0.0786. The van der Waals surface area contributed by atoms with Gasteiger partial charge in [0.2, 0.25) is 11.8 Å². The van der Waals surface area contributed by atoms with Gasteiger partial charge in [-0.05, 0) is 5.41 Å². The fraction of sp³-hybridized carbons (Fsp3) is 0.769. The lowest BCUT2D eigenvalue weighted by Gasteiger charge is -2.25. The minimum Gasteiger partial charge on any atom is -0.480 e. The van der Waals surface area contributed by atoms with Crippen molar-refractivity contribution in [1.29, 1.82) is 0 Å². The quantitative estimate of drug-likeness (QED) is 0.689. The highest BCUT2D eigenvalue weighted by molar-refractivity contribution is 6.10. The van der Waals surface area contributed by atoms with E-state index >= 15 is 0 Å². The van der Waals surface area contributed by atoms with Crippen LogP contribution < -0.4 is 5.32 Å². The zero-order valence-corrected chi connectivity index (χ0v) is 11.6. The van der Waals surface area contributed by atoms with Gasteiger partial charge in [-0.2, -0.15) is 0 Å². The molecule has 0 radical (unpaired) electrons. The highest BCUT2D eigenvalue weighted by atomic mass is 16.4. The maximum atomic E-state index is 12.1. The topological polar surface area (TPSA) is 86.7 Å². The zero-order chi connectivity index (χ0) is 14.5. The zero-order valence-electron chi connectivity index (χ0n) is 11.6. The Bertz CT molecular complexity index is 420. The number of hydrogen-bond acceptors (Lipinski definition) is 4. The molecule has 0 spiro atoms. The highest BCUT2D eigenvalue weighted by Crippen LogP contribution is 2.63. The van der Waals surface area contributed by atoms with E-state index in [-0.39, 0.29) is 41.7 Å². The molecule has 1 saturated heterocycles. The van der Waals surface area contributed by atoms with Crippen molar-refractivity contribution in [3.63, 3.8) is 0 Å². The molecule has 2 amide bonds. The molecule has 6 heteroatoms. The molecule has 3 atom stereocenters. The van der Waals surface area contributed by atoms with E-state index in [0.29, 0.717) is 0 Å². The van der Waals surface area contributed by atoms with Crippen molar-refractivity contribution in [3.8, 4) is 0 Å². The van der Waals surface area contributed by atoms with E-state index < -0.39 is 12.0 Å². The number of carbonyl (C=O) groups excluding carboxylic acids is 2. The van der Waals surface area contributed by atoms with Gasteiger partial charge in [-0.15, -0.1) is 0 Å². The summed E-state index contributed by atoms with van der Waals surface area (Å²) in [4.78, 5) is 36.5. The first-order valence-electron chi connectivity index (χ1n) is 6.52. The Balaban J connectivity index is 2.06. The fourth-order valence-electron chi connectivity index (χ4n) is 2.97. The summed E-state index contributed by atoms with van der Waals surface area (Å²) in [6.07, 6.45) is 0. The molecule has 2 N–H and O–H groups in total. The number of carboxylic acid groups (broad SMARTS) is 1. The van der Waals surface area contributed by atoms with Gasteiger partial charge < -0.3 is 10.4 Å². The monoisotopic (exact) mass is 268 g/mol. The second-order valence-corrected chi connectivity index (χ2v) is 6.28. The van der Waals surface area contributed by atoms with Crippen molar-refractivity contribution < 1.29 is 19.5 Å². The van der Waals surface area contributed by atoms with Crippen LogP contribution >= 0.6 is 0 Å². The van der Waals surface area contributed by atoms with Crippen LogP contribution in [0.2, 0.25) is 0 Å². The Morgan fingerprint density at radius 3 is 2.16 bits per heavy atom. The molecular weight excluding hydrogens is 248 g/mol. The normalized spacial score (nSPS) is 29.6. The van der Waals surface area contributed by atoms with E-state index in [0.717, 1.165) is 4.90 Å². The van der Waals surface area contributed by atoms with Crippen LogP contribution in [0.1, 0.15) is 27.7 Å². The molecule has 1 heterocycles. The maximum Gasteiger partial charge on any atom is 0.322 e. The number of carboxylic acids is 1. The number of hydrogen-bond donors (Lipinski definition) is 2. The van der Waals surface area contributed by atoms with E-state index in [1.165, 1.54) is 0 Å². The number of carbonyl (C=O) groups is 3. The van der Waals surface area contributed by atoms with E-state index in [1.54, 1.807) is 0 Å². The summed E-state index contributed by atoms with van der Waals surface area (Å²) in [7, 11) is 0. The minimum absolute atomic E-state index is 0.0279. The molecule has 0 aromatic heterocycles. The van der Waals surface area contributed by atoms with Crippen LogP contribution in [-0.4, -0.2) is 46.4 Å². The Morgan fingerprint density at radius 1 is 1.32 bits per heavy atom. The summed E-state index contributed by atoms with van der Waals surface area (Å²) in [5, 5.41) is 12.0. The van der Waals surface area contributed by atoms with Crippen LogP contribution in [-0.2, 0) is 14.4 Å². The third-order valence-corrected chi connectivity index (χ3v) is 4.09. The summed E-state index contributed by atoms with van der Waals surface area (Å²) in [6.45, 7) is 7.36. The van der Waals surface area contributed by atoms with Gasteiger partial charge in [-0.1, -0.05) is 27.7 Å². The molecule has 2 aliphatic rings. The van der Waals surface area contributed by atoms with Crippen molar-refractivity contribution in [3.05, 3.63) is 0 Å². The standard InChI is InChI=1S/C13H20N2O4/c1-6(2)14-7(12(18)19)5-15-10(16)8-9(11(15)17)13(8,3)4/h6-9,14H,5H2,1-4H3,(H,18,19). The van der Waals surface area contributed by atoms with Gasteiger partial charge in [-0.3, -0.25) is 19.3 Å². The van der Waals surface area contributed by atoms with E-state index in [1.807, 2.05) is 27.7 Å². The summed E-state index contributed by atoms with van der Waals surface area (Å²) in [6, 6.07) is -0.937. The first-order chi connectivity index (χ1) is 8.67. The van der Waals surface area contributed by atoms with Crippen LogP contribution in [0.15, 0.2) is 0 Å². The Labute approximate surface area is 112 Å². The number of amides is 2.